The topological polar surface area (TPSA) is 371 Å². The summed E-state index contributed by atoms with van der Waals surface area (Å²) in [6, 6.07) is 28.7. The largest absolute Gasteiger partial charge is 0.388 e. The van der Waals surface area contributed by atoms with Gasteiger partial charge >= 0.3 is 0 Å². The molecule has 6 aliphatic heterocycles. The van der Waals surface area contributed by atoms with Crippen LogP contribution in [0.1, 0.15) is 50.6 Å². The van der Waals surface area contributed by atoms with E-state index < -0.39 is 76.4 Å². The van der Waals surface area contributed by atoms with Crippen molar-refractivity contribution >= 4 is 83.1 Å². The van der Waals surface area contributed by atoms with E-state index in [1.807, 2.05) is 91.8 Å². The van der Waals surface area contributed by atoms with E-state index in [0.717, 1.165) is 45.3 Å². The number of ether oxygens (including phenoxy) is 3. The monoisotopic (exact) mass is 1430 g/mol. The number of imidazole rings is 1. The minimum atomic E-state index is -3.84. The highest BCUT2D eigenvalue weighted by Gasteiger charge is 2.53. The molecule has 7 fully saturated rings. The van der Waals surface area contributed by atoms with Gasteiger partial charge in [0.15, 0.2) is 15.5 Å². The highest BCUT2D eigenvalue weighted by atomic mass is 32.2. The van der Waals surface area contributed by atoms with Crippen molar-refractivity contribution in [2.75, 3.05) is 19.6 Å². The number of benzene rings is 3. The van der Waals surface area contributed by atoms with Crippen LogP contribution in [0.25, 0.3) is 32.9 Å². The van der Waals surface area contributed by atoms with E-state index in [-0.39, 0.29) is 46.4 Å². The SMILES string of the molecule is CCN=C1N[C@@H]2[C@@H](O)[C@H](O)[C@@H](Cn3cc(-c4cn(S(=O)(=O)c5ccccc5)c5ccccc45)nn3)O[C@@H]2S1.CCN=C1N[C@@H]2[C@@H](O)[C@H](O)[C@@H](Cn3cc(C4(c5ccccc5)CC4)nn3)O[C@@H]2S1.CCN=C1N[C@@H]2[C@@H](O)[C@H](O)[C@@H](Cn3cc(Cn4ccnc4-c4cccs4)nn3)O[C@@H]2S1. The first kappa shape index (κ1) is 67.7. The van der Waals surface area contributed by atoms with Gasteiger partial charge in [0, 0.05) is 60.8 Å². The number of hydrogen-bond donors (Lipinski definition) is 9. The van der Waals surface area contributed by atoms with E-state index in [0.29, 0.717) is 60.1 Å². The highest BCUT2D eigenvalue weighted by molar-refractivity contribution is 8.15. The van der Waals surface area contributed by atoms with Crippen molar-refractivity contribution in [3.63, 3.8) is 0 Å². The molecule has 1 saturated carbocycles. The summed E-state index contributed by atoms with van der Waals surface area (Å²) in [7, 11) is -3.84. The van der Waals surface area contributed by atoms with Crippen LogP contribution in [0, 0.1) is 0 Å². The zero-order valence-electron chi connectivity index (χ0n) is 53.3. The minimum absolute atomic E-state index is 0.0487. The predicted octanol–water partition coefficient (Wildman–Crippen LogP) is 3.33. The number of hydrogen-bond acceptors (Lipinski definition) is 25. The molecular formula is C64H74N18O11S5. The number of rotatable bonds is 17. The minimum Gasteiger partial charge on any atom is -0.388 e. The number of aliphatic hydroxyl groups is 6. The molecule has 3 aromatic carbocycles. The summed E-state index contributed by atoms with van der Waals surface area (Å²) in [5, 5.41) is 104. The molecule has 12 heterocycles. The fourth-order valence-electron chi connectivity index (χ4n) is 12.8. The Bertz CT molecular complexity index is 4420. The highest BCUT2D eigenvalue weighted by Crippen LogP contribution is 2.52. The molecule has 9 N–H and O–H groups in total. The molecular weight excluding hydrogens is 1360 g/mol. The first-order valence-corrected chi connectivity index (χ1v) is 37.2. The number of para-hydroxylation sites is 1. The Morgan fingerprint density at radius 2 is 1.09 bits per heavy atom. The summed E-state index contributed by atoms with van der Waals surface area (Å²) >= 11 is 5.92. The molecule has 0 amide bonds. The number of aliphatic imine (C=N–C) groups is 3. The summed E-state index contributed by atoms with van der Waals surface area (Å²) in [5.41, 5.74) is 3.54. The van der Waals surface area contributed by atoms with Crippen molar-refractivity contribution in [1.82, 2.24) is 74.5 Å². The van der Waals surface area contributed by atoms with Crippen LogP contribution in [0.5, 0.6) is 0 Å². The summed E-state index contributed by atoms with van der Waals surface area (Å²) < 4.78 is 53.3. The Kier molecular flexibility index (Phi) is 20.1. The fourth-order valence-corrected chi connectivity index (χ4v) is 18.5. The maximum absolute atomic E-state index is 13.4. The molecule has 15 atom stereocenters. The van der Waals surface area contributed by atoms with E-state index in [1.165, 1.54) is 49.5 Å². The molecule has 0 spiro atoms. The summed E-state index contributed by atoms with van der Waals surface area (Å²) in [5.74, 6) is 0.889. The van der Waals surface area contributed by atoms with Crippen LogP contribution < -0.4 is 16.0 Å². The quantitative estimate of drug-likeness (QED) is 0.0631. The molecule has 0 radical (unpaired) electrons. The number of nitrogens with one attached hydrogen (secondary N) is 3. The lowest BCUT2D eigenvalue weighted by Crippen LogP contribution is -2.59. The molecule has 9 aromatic rings. The predicted molar refractivity (Wildman–Crippen MR) is 371 cm³/mol. The van der Waals surface area contributed by atoms with Gasteiger partial charge in [-0.3, -0.25) is 15.0 Å². The molecule has 1 aliphatic carbocycles. The zero-order chi connectivity index (χ0) is 67.8. The number of amidine groups is 3. The second-order valence-corrected chi connectivity index (χ2v) is 30.4. The first-order chi connectivity index (χ1) is 47.6. The number of thioether (sulfide) groups is 3. The van der Waals surface area contributed by atoms with Crippen molar-refractivity contribution in [3.05, 3.63) is 157 Å². The molecule has 6 aromatic heterocycles. The molecule has 29 nitrogen and oxygen atoms in total. The van der Waals surface area contributed by atoms with Crippen LogP contribution in [0.4, 0.5) is 0 Å². The molecule has 34 heteroatoms. The third-order valence-corrected chi connectivity index (χ3v) is 23.8. The normalized spacial score (nSPS) is 29.6. The van der Waals surface area contributed by atoms with Crippen LogP contribution in [0.15, 0.2) is 159 Å². The lowest BCUT2D eigenvalue weighted by molar-refractivity contribution is -0.160. The second-order valence-electron chi connectivity index (χ2n) is 24.3. The van der Waals surface area contributed by atoms with Gasteiger partial charge in [0.25, 0.3) is 10.0 Å². The Labute approximate surface area is 579 Å². The maximum Gasteiger partial charge on any atom is 0.268 e. The number of fused-ring (bicyclic) bond motifs is 4. The van der Waals surface area contributed by atoms with Crippen molar-refractivity contribution in [1.29, 1.82) is 0 Å². The molecule has 98 heavy (non-hydrogen) atoms. The van der Waals surface area contributed by atoms with Crippen molar-refractivity contribution < 1.29 is 53.3 Å². The van der Waals surface area contributed by atoms with Crippen LogP contribution in [-0.4, -0.2) is 222 Å². The zero-order valence-corrected chi connectivity index (χ0v) is 57.4. The van der Waals surface area contributed by atoms with Crippen LogP contribution in [0.3, 0.4) is 0 Å². The Morgan fingerprint density at radius 1 is 0.582 bits per heavy atom. The van der Waals surface area contributed by atoms with Crippen LogP contribution >= 0.6 is 46.6 Å². The van der Waals surface area contributed by atoms with Crippen molar-refractivity contribution in [2.45, 2.75) is 159 Å². The van der Waals surface area contributed by atoms with Gasteiger partial charge in [-0.2, -0.15) is 0 Å². The third kappa shape index (κ3) is 13.8. The molecule has 6 saturated heterocycles. The van der Waals surface area contributed by atoms with Gasteiger partial charge in [0.2, 0.25) is 0 Å². The smallest absolute Gasteiger partial charge is 0.268 e. The molecule has 16 rings (SSSR count). The fraction of sp³-hybridized carbons (Fsp3) is 0.438. The van der Waals surface area contributed by atoms with Gasteiger partial charge in [0.05, 0.1) is 77.7 Å². The first-order valence-electron chi connectivity index (χ1n) is 32.3. The summed E-state index contributed by atoms with van der Waals surface area (Å²) in [4.78, 5) is 18.7. The average Bonchev–Trinajstić information content (AvgIpc) is 1.64. The molecule has 7 aliphatic rings. The number of aromatic nitrogens is 12. The lowest BCUT2D eigenvalue weighted by atomic mass is 9.93. The van der Waals surface area contributed by atoms with E-state index in [1.54, 1.807) is 81.8 Å². The number of thiophene rings is 1. The standard InChI is InChI=1S/C25H26N6O5S2.C20H25N5O3S.C19H23N7O3S2/c1-2-26-25-27-21-23(33)22(32)20(36-24(21)37-25)14-30-13-18(28-29-30)17-12-31(19-11-7-6-10-16(17)19)38(34,35)15-8-4-3-5-9-15;1-2-21-19-22-15-17(27)16(26)13(28-18(15)29-19)10-25-11-14(23-24-25)20(8-9-20)12-6-4-3-5-7-12;1-2-20-19-22-14-16(28)15(27)12(29-18(14)31-19)10-26-9-11(23-24-26)8-25-6-5-21-17(25)13-4-3-7-30-13/h3-13,20-24,32-33H,2,14H2,1H3,(H,26,27);3-7,11,13,15-18,26-27H,2,8-10H2,1H3,(H,21,22);3-7,9,12,14-16,18,27-28H,2,8,10H2,1H3,(H,20,22)/t20-,21-,22-,23-,24-;13-,15-,16-,17-,18-;12-,14-,15-,16-,18-/m111/s1. The van der Waals surface area contributed by atoms with E-state index in [9.17, 15) is 39.1 Å². The number of nitrogens with zero attached hydrogens (tertiary/aromatic N) is 15. The van der Waals surface area contributed by atoms with E-state index in [4.69, 9.17) is 14.2 Å². The molecule has 0 bridgehead atoms. The van der Waals surface area contributed by atoms with Gasteiger partial charge in [-0.05, 0) is 68.8 Å². The third-order valence-electron chi connectivity index (χ3n) is 17.9. The van der Waals surface area contributed by atoms with Gasteiger partial charge in [-0.25, -0.2) is 31.4 Å². The van der Waals surface area contributed by atoms with Crippen LogP contribution in [0.2, 0.25) is 0 Å². The van der Waals surface area contributed by atoms with Gasteiger partial charge in [-0.1, -0.05) is 124 Å². The Morgan fingerprint density at radius 3 is 1.63 bits per heavy atom. The van der Waals surface area contributed by atoms with Gasteiger partial charge in [-0.15, -0.1) is 26.6 Å². The Balaban J connectivity index is 0.000000127. The number of aliphatic hydroxyl groups excluding tert-OH is 6. The van der Waals surface area contributed by atoms with Gasteiger partial charge in [0.1, 0.15) is 88.5 Å². The second kappa shape index (κ2) is 29.0. The molecule has 516 valence electrons. The van der Waals surface area contributed by atoms with Crippen LogP contribution in [-0.2, 0) is 55.8 Å². The van der Waals surface area contributed by atoms with Crippen molar-refractivity contribution in [3.8, 4) is 22.0 Å². The maximum atomic E-state index is 13.4. The lowest BCUT2D eigenvalue weighted by Gasteiger charge is -2.38. The van der Waals surface area contributed by atoms with Gasteiger partial charge < -0.3 is 65.4 Å². The summed E-state index contributed by atoms with van der Waals surface area (Å²) in [6.45, 7) is 9.02. The van der Waals surface area contributed by atoms with E-state index >= 15 is 0 Å². The average molecular weight is 1430 g/mol. The molecule has 0 unspecified atom stereocenters. The summed E-state index contributed by atoms with van der Waals surface area (Å²) in [6.07, 6.45) is 4.79. The van der Waals surface area contributed by atoms with Crippen molar-refractivity contribution in [2.24, 2.45) is 15.0 Å². The van der Waals surface area contributed by atoms with E-state index in [2.05, 4.69) is 79.0 Å². The Hall–Kier alpha value is -7.42.